The van der Waals surface area contributed by atoms with Crippen LogP contribution in [-0.4, -0.2) is 50.8 Å². The van der Waals surface area contributed by atoms with Gasteiger partial charge < -0.3 is 19.3 Å². The number of benzene rings is 7. The Morgan fingerprint density at radius 2 is 1.14 bits per heavy atom. The van der Waals surface area contributed by atoms with E-state index in [1.54, 1.807) is 14.2 Å². The predicted molar refractivity (Wildman–Crippen MR) is 268 cm³/mol. The van der Waals surface area contributed by atoms with Crippen LogP contribution in [0, 0.1) is 0 Å². The summed E-state index contributed by atoms with van der Waals surface area (Å²) in [6.07, 6.45) is 9.55. The average Bonchev–Trinajstić information content (AvgIpc) is 3.84. The third kappa shape index (κ3) is 6.82. The van der Waals surface area contributed by atoms with E-state index in [9.17, 15) is 0 Å². The number of hydrogen-bond acceptors (Lipinski definition) is 4. The van der Waals surface area contributed by atoms with Crippen LogP contribution < -0.4 is 9.80 Å². The molecule has 0 bridgehead atoms. The van der Waals surface area contributed by atoms with Crippen molar-refractivity contribution in [2.45, 2.75) is 38.5 Å². The Kier molecular flexibility index (Phi) is 10.8. The van der Waals surface area contributed by atoms with E-state index in [4.69, 9.17) is 9.47 Å². The summed E-state index contributed by atoms with van der Waals surface area (Å²) in [5.41, 5.74) is 15.2. The molecule has 318 valence electrons. The molecule has 0 amide bonds. The molecule has 7 aromatic carbocycles. The summed E-state index contributed by atoms with van der Waals surface area (Å²) in [4.78, 5) is 4.93. The van der Waals surface area contributed by atoms with Gasteiger partial charge in [0.25, 0.3) is 0 Å². The van der Waals surface area contributed by atoms with Gasteiger partial charge in [0.1, 0.15) is 6.61 Å². The lowest BCUT2D eigenvalue weighted by atomic mass is 9.79. The first-order chi connectivity index (χ1) is 31.2. The van der Waals surface area contributed by atoms with E-state index in [0.29, 0.717) is 13.2 Å². The highest BCUT2D eigenvalue weighted by Gasteiger charge is 2.46. The van der Waals surface area contributed by atoms with Gasteiger partial charge in [-0.15, -0.1) is 0 Å². The number of fused-ring (bicyclic) bond motifs is 7. The number of para-hydroxylation sites is 2. The van der Waals surface area contributed by atoms with Gasteiger partial charge in [0.05, 0.1) is 17.7 Å². The number of ether oxygens (including phenoxy) is 2. The zero-order valence-electron chi connectivity index (χ0n) is 37.8. The molecule has 0 fully saturated rings. The first-order valence-electron chi connectivity index (χ1n) is 22.5. The van der Waals surface area contributed by atoms with Gasteiger partial charge in [0, 0.05) is 77.8 Å². The average molecular weight is 839 g/mol. The molecule has 5 nitrogen and oxygen atoms in total. The Labute approximate surface area is 378 Å². The minimum Gasteiger partial charge on any atom is -0.383 e. The van der Waals surface area contributed by atoms with E-state index in [-0.39, 0.29) is 10.8 Å². The second-order valence-corrected chi connectivity index (χ2v) is 18.1. The molecule has 0 saturated heterocycles. The summed E-state index contributed by atoms with van der Waals surface area (Å²) in [7, 11) is 3.58. The fourth-order valence-corrected chi connectivity index (χ4v) is 10.7. The maximum atomic E-state index is 5.74. The highest BCUT2D eigenvalue weighted by Crippen LogP contribution is 2.53. The van der Waals surface area contributed by atoms with E-state index in [0.717, 1.165) is 30.2 Å². The Hall–Kier alpha value is -6.79. The molecule has 64 heavy (non-hydrogen) atoms. The fourth-order valence-electron chi connectivity index (χ4n) is 10.7. The number of hydrogen-bond donors (Lipinski definition) is 0. The summed E-state index contributed by atoms with van der Waals surface area (Å²) in [6, 6.07) is 57.3. The van der Waals surface area contributed by atoms with Crippen LogP contribution in [0.5, 0.6) is 0 Å². The topological polar surface area (TPSA) is 27.9 Å². The molecule has 2 heterocycles. The minimum atomic E-state index is -0.278. The van der Waals surface area contributed by atoms with Crippen molar-refractivity contribution in [3.8, 4) is 0 Å². The Balaban J connectivity index is 1.22. The largest absolute Gasteiger partial charge is 0.383 e. The van der Waals surface area contributed by atoms with E-state index < -0.39 is 0 Å². The van der Waals surface area contributed by atoms with Crippen LogP contribution in [-0.2, 0) is 20.3 Å². The number of nitrogens with zero attached hydrogens (tertiary/aromatic N) is 3. The van der Waals surface area contributed by atoms with Gasteiger partial charge in [-0.25, -0.2) is 0 Å². The molecular weight excluding hydrogens is 783 g/mol. The van der Waals surface area contributed by atoms with E-state index in [1.807, 2.05) is 0 Å². The predicted octanol–water partition coefficient (Wildman–Crippen LogP) is 13.5. The summed E-state index contributed by atoms with van der Waals surface area (Å²) < 4.78 is 14.0. The van der Waals surface area contributed by atoms with Gasteiger partial charge in [0.2, 0.25) is 5.69 Å². The molecule has 0 aromatic heterocycles. The van der Waals surface area contributed by atoms with Crippen LogP contribution in [0.25, 0.3) is 32.7 Å². The molecule has 3 aliphatic rings. The highest BCUT2D eigenvalue weighted by molar-refractivity contribution is 6.12. The molecule has 7 aromatic rings. The van der Waals surface area contributed by atoms with Gasteiger partial charge in [-0.05, 0) is 101 Å². The number of methoxy groups -OCH3 is 2. The molecule has 5 heteroatoms. The third-order valence-electron chi connectivity index (χ3n) is 13.6. The van der Waals surface area contributed by atoms with Crippen LogP contribution in [0.1, 0.15) is 49.9 Å². The molecule has 0 spiro atoms. The lowest BCUT2D eigenvalue weighted by Gasteiger charge is -2.29. The van der Waals surface area contributed by atoms with E-state index in [2.05, 4.69) is 224 Å². The summed E-state index contributed by atoms with van der Waals surface area (Å²) in [5.74, 6) is 0. The molecule has 10 rings (SSSR count). The summed E-state index contributed by atoms with van der Waals surface area (Å²) in [5, 5.41) is 5.11. The molecule has 0 radical (unpaired) electrons. The molecule has 1 aliphatic carbocycles. The minimum absolute atomic E-state index is 0.278. The smallest absolute Gasteiger partial charge is 0.210 e. The molecule has 2 aliphatic heterocycles. The van der Waals surface area contributed by atoms with Crippen molar-refractivity contribution in [1.82, 2.24) is 0 Å². The van der Waals surface area contributed by atoms with Crippen molar-refractivity contribution >= 4 is 61.2 Å². The van der Waals surface area contributed by atoms with Crippen molar-refractivity contribution in [2.75, 3.05) is 50.3 Å². The van der Waals surface area contributed by atoms with Gasteiger partial charge >= 0.3 is 0 Å². The summed E-state index contributed by atoms with van der Waals surface area (Å²) in [6.45, 7) is 12.2. The molecule has 0 unspecified atom stereocenters. The zero-order valence-corrected chi connectivity index (χ0v) is 37.8. The van der Waals surface area contributed by atoms with Gasteiger partial charge in [0.15, 0.2) is 12.3 Å². The lowest BCUT2D eigenvalue weighted by molar-refractivity contribution is -0.441. The van der Waals surface area contributed by atoms with Crippen molar-refractivity contribution in [3.05, 3.63) is 216 Å². The maximum absolute atomic E-state index is 5.74. The second kappa shape index (κ2) is 16.7. The van der Waals surface area contributed by atoms with Crippen LogP contribution in [0.4, 0.5) is 22.7 Å². The first kappa shape index (κ1) is 41.2. The SMILES string of the molecule is COCCN1/C(=C/C=C2C(N(c3ccccc3)c3ccccc3)=C(/C=C/C3=[N+](CCOC)c4ccc5ccccc5c4C3(C)C)c3ccccc3/2)C(C)(C)c2c1ccc1ccccc21. The summed E-state index contributed by atoms with van der Waals surface area (Å²) >= 11 is 0. The zero-order chi connectivity index (χ0) is 44.0. The number of anilines is 3. The van der Waals surface area contributed by atoms with Crippen LogP contribution in [0.3, 0.4) is 0 Å². The molecule has 0 saturated carbocycles. The van der Waals surface area contributed by atoms with E-state index >= 15 is 0 Å². The Morgan fingerprint density at radius 1 is 0.562 bits per heavy atom. The quantitative estimate of drug-likeness (QED) is 0.115. The van der Waals surface area contributed by atoms with Gasteiger partial charge in [-0.1, -0.05) is 135 Å². The highest BCUT2D eigenvalue weighted by atomic mass is 16.5. The normalized spacial score (nSPS) is 17.4. The van der Waals surface area contributed by atoms with Crippen LogP contribution in [0.15, 0.2) is 193 Å². The van der Waals surface area contributed by atoms with E-state index in [1.165, 1.54) is 77.7 Å². The van der Waals surface area contributed by atoms with Gasteiger partial charge in [-0.2, -0.15) is 4.58 Å². The maximum Gasteiger partial charge on any atom is 0.210 e. The first-order valence-corrected chi connectivity index (χ1v) is 22.5. The second-order valence-electron chi connectivity index (χ2n) is 18.1. The van der Waals surface area contributed by atoms with Crippen molar-refractivity contribution in [1.29, 1.82) is 0 Å². The third-order valence-corrected chi connectivity index (χ3v) is 13.6. The van der Waals surface area contributed by atoms with Crippen molar-refractivity contribution in [3.63, 3.8) is 0 Å². The van der Waals surface area contributed by atoms with Gasteiger partial charge in [-0.3, -0.25) is 0 Å². The monoisotopic (exact) mass is 838 g/mol. The van der Waals surface area contributed by atoms with Crippen molar-refractivity contribution in [2.24, 2.45) is 0 Å². The molecular formula is C59H56N3O2+. The number of rotatable bonds is 12. The standard InChI is InChI=1S/C59H56N3O2/c1-58(2)53(60(37-39-63-5)51-33-29-41-19-13-15-25-45(41)55(51)58)35-31-49-47-27-17-18-28-48(47)50(57(49)62(43-21-9-7-10-22-43)44-23-11-8-12-24-44)32-36-54-59(3,4)56-46-26-16-14-20-42(46)30-34-52(56)61(54)38-40-64-6/h7-36H,37-40H2,1-6H3/q+1. The lowest BCUT2D eigenvalue weighted by Crippen LogP contribution is -2.29. The van der Waals surface area contributed by atoms with Crippen LogP contribution in [0.2, 0.25) is 0 Å². The molecule has 0 N–H and O–H groups in total. The van der Waals surface area contributed by atoms with Crippen LogP contribution >= 0.6 is 0 Å². The Bertz CT molecular complexity index is 3040. The fraction of sp³-hybridized carbons (Fsp3) is 0.203. The van der Waals surface area contributed by atoms with Crippen molar-refractivity contribution < 1.29 is 14.0 Å². The molecule has 0 atom stereocenters. The number of allylic oxidation sites excluding steroid dienone is 7. The Morgan fingerprint density at radius 3 is 1.80 bits per heavy atom.